The number of piperidine rings is 1. The first kappa shape index (κ1) is 24.3. The lowest BCUT2D eigenvalue weighted by Gasteiger charge is -2.32. The fraction of sp³-hybridized carbons (Fsp3) is 0.214. The van der Waals surface area contributed by atoms with Crippen molar-refractivity contribution in [2.75, 3.05) is 13.1 Å². The average molecular weight is 460 g/mol. The van der Waals surface area contributed by atoms with Crippen LogP contribution in [0.3, 0.4) is 0 Å². The van der Waals surface area contributed by atoms with Crippen molar-refractivity contribution in [3.8, 4) is 0 Å². The number of carbonyl (C=O) groups excluding carboxylic acids is 2. The number of amides is 1. The first-order valence-corrected chi connectivity index (χ1v) is 12.2. The molecule has 1 aliphatic heterocycles. The number of nitrogens with zero attached hydrogens (tertiary/aromatic N) is 1. The lowest BCUT2D eigenvalue weighted by Crippen LogP contribution is -2.43. The molecule has 3 aromatic rings. The van der Waals surface area contributed by atoms with Gasteiger partial charge in [-0.1, -0.05) is 61.2 Å². The molecule has 0 bridgehead atoms. The van der Waals surface area contributed by atoms with E-state index in [1.807, 2.05) is 0 Å². The molecule has 170 valence electrons. The molecule has 3 aromatic carbocycles. The molecule has 4 rings (SSSR count). The summed E-state index contributed by atoms with van der Waals surface area (Å²) in [7, 11) is -0.0146. The zero-order valence-electron chi connectivity index (χ0n) is 18.9. The summed E-state index contributed by atoms with van der Waals surface area (Å²) in [5.74, 6) is -1.49. The van der Waals surface area contributed by atoms with Crippen LogP contribution in [0.15, 0.2) is 118 Å². The van der Waals surface area contributed by atoms with Crippen molar-refractivity contribution < 1.29 is 14.7 Å². The minimum Gasteiger partial charge on any atom is -0.550 e. The zero-order valence-corrected chi connectivity index (χ0v) is 19.7. The highest BCUT2D eigenvalue weighted by atomic mass is 32.2. The first-order chi connectivity index (χ1) is 16.0. The number of carboxylic acid groups (broad SMARTS) is 1. The van der Waals surface area contributed by atoms with Crippen LogP contribution >= 0.6 is 0 Å². The van der Waals surface area contributed by atoms with Crippen molar-refractivity contribution in [1.82, 2.24) is 4.90 Å². The Morgan fingerprint density at radius 2 is 1.15 bits per heavy atom. The molecule has 33 heavy (non-hydrogen) atoms. The molecular formula is C28H29NO3S. The van der Waals surface area contributed by atoms with Gasteiger partial charge < -0.3 is 14.8 Å². The van der Waals surface area contributed by atoms with E-state index in [-0.39, 0.29) is 16.8 Å². The molecule has 0 saturated carbocycles. The number of likely N-dealkylation sites (tertiary alicyclic amines) is 1. The molecule has 1 saturated heterocycles. The maximum absolute atomic E-state index is 11.4. The van der Waals surface area contributed by atoms with E-state index < -0.39 is 11.9 Å². The second-order valence-electron chi connectivity index (χ2n) is 7.91. The predicted molar refractivity (Wildman–Crippen MR) is 131 cm³/mol. The summed E-state index contributed by atoms with van der Waals surface area (Å²) >= 11 is 0. The minimum absolute atomic E-state index is 0.0146. The number of hydrogen-bond donors (Lipinski definition) is 0. The van der Waals surface area contributed by atoms with E-state index in [4.69, 9.17) is 0 Å². The Hall–Kier alpha value is -3.31. The molecule has 0 aromatic heterocycles. The second kappa shape index (κ2) is 12.1. The fourth-order valence-electron chi connectivity index (χ4n) is 3.67. The van der Waals surface area contributed by atoms with Crippen LogP contribution in [0.2, 0.25) is 0 Å². The van der Waals surface area contributed by atoms with Gasteiger partial charge in [0, 0.05) is 30.5 Å². The van der Waals surface area contributed by atoms with Gasteiger partial charge in [-0.3, -0.25) is 4.79 Å². The van der Waals surface area contributed by atoms with Crippen LogP contribution in [-0.4, -0.2) is 29.9 Å². The molecule has 4 nitrogen and oxygen atoms in total. The maximum Gasteiger partial charge on any atom is 0.248 e. The summed E-state index contributed by atoms with van der Waals surface area (Å²) in [4.78, 5) is 27.7. The summed E-state index contributed by atoms with van der Waals surface area (Å²) in [5.41, 5.74) is 0.497. The van der Waals surface area contributed by atoms with Gasteiger partial charge in [0.1, 0.15) is 0 Å². The van der Waals surface area contributed by atoms with Crippen LogP contribution in [0.25, 0.3) is 0 Å². The Morgan fingerprint density at radius 1 is 0.788 bits per heavy atom. The quantitative estimate of drug-likeness (QED) is 0.421. The van der Waals surface area contributed by atoms with Crippen molar-refractivity contribution in [1.29, 1.82) is 0 Å². The molecule has 1 heterocycles. The van der Waals surface area contributed by atoms with Gasteiger partial charge in [0.05, 0.1) is 10.9 Å². The maximum atomic E-state index is 11.4. The lowest BCUT2D eigenvalue weighted by molar-refractivity contribution is -0.312. The summed E-state index contributed by atoms with van der Waals surface area (Å²) in [6.07, 6.45) is 0.975. The van der Waals surface area contributed by atoms with E-state index in [0.29, 0.717) is 31.5 Å². The number of rotatable bonds is 5. The first-order valence-electron chi connectivity index (χ1n) is 11.0. The second-order valence-corrected chi connectivity index (χ2v) is 9.94. The van der Waals surface area contributed by atoms with Crippen molar-refractivity contribution in [3.05, 3.63) is 103 Å². The SMILES string of the molecule is C=C(C)C(=O)N1CCC(C(=O)[O-])CC1.c1ccc([S+](c2ccccc2)c2ccccc2)cc1. The molecule has 1 amide bonds. The number of carbonyl (C=O) groups is 2. The van der Waals surface area contributed by atoms with Gasteiger partial charge in [-0.05, 0) is 56.2 Å². The molecule has 0 unspecified atom stereocenters. The van der Waals surface area contributed by atoms with Gasteiger partial charge in [-0.2, -0.15) is 0 Å². The topological polar surface area (TPSA) is 60.4 Å². The van der Waals surface area contributed by atoms with Gasteiger partial charge in [0.25, 0.3) is 0 Å². The Labute approximate surface area is 198 Å². The highest BCUT2D eigenvalue weighted by Crippen LogP contribution is 2.30. The predicted octanol–water partition coefficient (Wildman–Crippen LogP) is 4.33. The van der Waals surface area contributed by atoms with Crippen LogP contribution in [-0.2, 0) is 20.5 Å². The standard InChI is InChI=1S/C18H15S.C10H15NO3/c1-4-10-16(11-5-1)19(17-12-6-2-7-13-17)18-14-8-3-9-15-18;1-7(2)9(12)11-5-3-8(4-6-11)10(13)14/h1-15H;8H,1,3-6H2,2H3,(H,13,14)/q+1;/p-1. The Kier molecular flexibility index (Phi) is 8.90. The van der Waals surface area contributed by atoms with Gasteiger partial charge in [-0.15, -0.1) is 0 Å². The summed E-state index contributed by atoms with van der Waals surface area (Å²) in [5, 5.41) is 10.5. The zero-order chi connectivity index (χ0) is 23.6. The van der Waals surface area contributed by atoms with Crippen LogP contribution in [0, 0.1) is 5.92 Å². The molecular weight excluding hydrogens is 430 g/mol. The molecule has 1 fully saturated rings. The van der Waals surface area contributed by atoms with Crippen LogP contribution in [0.5, 0.6) is 0 Å². The molecule has 0 radical (unpaired) electrons. The molecule has 0 spiro atoms. The number of benzene rings is 3. The van der Waals surface area contributed by atoms with Crippen molar-refractivity contribution in [2.45, 2.75) is 34.5 Å². The van der Waals surface area contributed by atoms with Crippen LogP contribution in [0.4, 0.5) is 0 Å². The van der Waals surface area contributed by atoms with E-state index in [2.05, 4.69) is 97.6 Å². The van der Waals surface area contributed by atoms with Crippen molar-refractivity contribution in [2.24, 2.45) is 5.92 Å². The lowest BCUT2D eigenvalue weighted by atomic mass is 9.97. The normalized spacial score (nSPS) is 13.7. The van der Waals surface area contributed by atoms with E-state index in [9.17, 15) is 14.7 Å². The van der Waals surface area contributed by atoms with Crippen LogP contribution in [0.1, 0.15) is 19.8 Å². The monoisotopic (exact) mass is 459 g/mol. The summed E-state index contributed by atoms with van der Waals surface area (Å²) in [6, 6.07) is 32.2. The van der Waals surface area contributed by atoms with E-state index >= 15 is 0 Å². The van der Waals surface area contributed by atoms with E-state index in [1.54, 1.807) is 11.8 Å². The summed E-state index contributed by atoms with van der Waals surface area (Å²) < 4.78 is 0. The van der Waals surface area contributed by atoms with Crippen molar-refractivity contribution in [3.63, 3.8) is 0 Å². The number of aliphatic carboxylic acids is 1. The largest absolute Gasteiger partial charge is 0.550 e. The highest BCUT2D eigenvalue weighted by Gasteiger charge is 2.27. The third-order valence-electron chi connectivity index (χ3n) is 5.42. The van der Waals surface area contributed by atoms with E-state index in [0.717, 1.165) is 0 Å². The van der Waals surface area contributed by atoms with Gasteiger partial charge in [0.15, 0.2) is 14.7 Å². The number of carboxylic acids is 1. The minimum atomic E-state index is -1.01. The summed E-state index contributed by atoms with van der Waals surface area (Å²) in [6.45, 7) is 6.21. The van der Waals surface area contributed by atoms with Gasteiger partial charge in [0.2, 0.25) is 5.91 Å². The van der Waals surface area contributed by atoms with Crippen molar-refractivity contribution >= 4 is 22.8 Å². The van der Waals surface area contributed by atoms with Crippen LogP contribution < -0.4 is 5.11 Å². The highest BCUT2D eigenvalue weighted by molar-refractivity contribution is 7.97. The Bertz CT molecular complexity index is 952. The molecule has 0 N–H and O–H groups in total. The Morgan fingerprint density at radius 3 is 1.45 bits per heavy atom. The average Bonchev–Trinajstić information content (AvgIpc) is 2.86. The molecule has 0 aliphatic carbocycles. The number of hydrogen-bond acceptors (Lipinski definition) is 3. The third kappa shape index (κ3) is 6.83. The van der Waals surface area contributed by atoms with Gasteiger partial charge >= 0.3 is 0 Å². The van der Waals surface area contributed by atoms with Gasteiger partial charge in [-0.25, -0.2) is 0 Å². The molecule has 0 atom stereocenters. The molecule has 1 aliphatic rings. The smallest absolute Gasteiger partial charge is 0.248 e. The molecule has 5 heteroatoms. The third-order valence-corrected chi connectivity index (χ3v) is 7.65. The fourth-order valence-corrected chi connectivity index (χ4v) is 5.77. The Balaban J connectivity index is 0.000000196. The van der Waals surface area contributed by atoms with E-state index in [1.165, 1.54) is 14.7 Å².